The molecule has 172 valence electrons. The van der Waals surface area contributed by atoms with E-state index in [9.17, 15) is 18.0 Å². The van der Waals surface area contributed by atoms with E-state index in [0.29, 0.717) is 18.3 Å². The summed E-state index contributed by atoms with van der Waals surface area (Å²) in [6.07, 6.45) is 4.09. The minimum atomic E-state index is -4.01. The SMILES string of the molecule is CNCCC(F)(F)F.O=Cc1nn(C2CCC2)c2c1CN(c1ncnc3[nH]ccc13)CC2. The van der Waals surface area contributed by atoms with Gasteiger partial charge in [0, 0.05) is 43.5 Å². The molecule has 1 aliphatic heterocycles. The summed E-state index contributed by atoms with van der Waals surface area (Å²) in [7, 11) is 1.49. The highest BCUT2D eigenvalue weighted by Crippen LogP contribution is 2.36. The maximum atomic E-state index is 11.5. The molecule has 4 heterocycles. The fourth-order valence-electron chi connectivity index (χ4n) is 4.06. The number of halogens is 3. The second-order valence-electron chi connectivity index (χ2n) is 8.04. The monoisotopic (exact) mass is 449 g/mol. The molecule has 0 unspecified atom stereocenters. The Labute approximate surface area is 183 Å². The number of nitrogens with one attached hydrogen (secondary N) is 2. The van der Waals surface area contributed by atoms with Gasteiger partial charge in [0.15, 0.2) is 6.29 Å². The van der Waals surface area contributed by atoms with Gasteiger partial charge in [0.1, 0.15) is 23.5 Å². The number of aromatic amines is 1. The molecule has 0 spiro atoms. The van der Waals surface area contributed by atoms with Gasteiger partial charge < -0.3 is 15.2 Å². The third-order valence-electron chi connectivity index (χ3n) is 5.94. The molecule has 5 rings (SSSR count). The quantitative estimate of drug-likeness (QED) is 0.580. The van der Waals surface area contributed by atoms with E-state index in [1.54, 1.807) is 6.33 Å². The number of H-pyrrole nitrogens is 1. The van der Waals surface area contributed by atoms with Gasteiger partial charge in [-0.1, -0.05) is 0 Å². The molecule has 32 heavy (non-hydrogen) atoms. The van der Waals surface area contributed by atoms with Crippen LogP contribution in [0.15, 0.2) is 18.6 Å². The van der Waals surface area contributed by atoms with Crippen molar-refractivity contribution >= 4 is 23.1 Å². The van der Waals surface area contributed by atoms with Crippen molar-refractivity contribution in [1.82, 2.24) is 30.0 Å². The predicted octanol–water partition coefficient (Wildman–Crippen LogP) is 3.41. The van der Waals surface area contributed by atoms with Crippen molar-refractivity contribution in [2.24, 2.45) is 0 Å². The first-order valence-corrected chi connectivity index (χ1v) is 10.7. The Morgan fingerprint density at radius 1 is 1.31 bits per heavy atom. The number of fused-ring (bicyclic) bond motifs is 2. The second-order valence-corrected chi connectivity index (χ2v) is 8.04. The summed E-state index contributed by atoms with van der Waals surface area (Å²) in [5.41, 5.74) is 3.72. The van der Waals surface area contributed by atoms with E-state index in [1.807, 2.05) is 12.3 Å². The minimum absolute atomic E-state index is 0.00347. The van der Waals surface area contributed by atoms with Crippen LogP contribution in [-0.2, 0) is 13.0 Å². The van der Waals surface area contributed by atoms with Gasteiger partial charge >= 0.3 is 6.18 Å². The van der Waals surface area contributed by atoms with Crippen LogP contribution in [-0.4, -0.2) is 57.3 Å². The maximum Gasteiger partial charge on any atom is 0.390 e. The van der Waals surface area contributed by atoms with E-state index in [1.165, 1.54) is 32.0 Å². The summed E-state index contributed by atoms with van der Waals surface area (Å²) in [6, 6.07) is 2.48. The van der Waals surface area contributed by atoms with Gasteiger partial charge in [0.05, 0.1) is 17.8 Å². The molecular formula is C21H26F3N7O. The zero-order chi connectivity index (χ0) is 22.7. The number of rotatable bonds is 5. The van der Waals surface area contributed by atoms with E-state index in [-0.39, 0.29) is 6.54 Å². The molecule has 2 N–H and O–H groups in total. The first-order chi connectivity index (χ1) is 15.4. The van der Waals surface area contributed by atoms with Crippen LogP contribution >= 0.6 is 0 Å². The Kier molecular flexibility index (Phi) is 6.45. The number of aromatic nitrogens is 5. The first kappa shape index (κ1) is 22.3. The molecule has 11 heteroatoms. The lowest BCUT2D eigenvalue weighted by atomic mass is 9.92. The first-order valence-electron chi connectivity index (χ1n) is 10.7. The van der Waals surface area contributed by atoms with Gasteiger partial charge in [-0.05, 0) is 32.4 Å². The van der Waals surface area contributed by atoms with E-state index in [4.69, 9.17) is 0 Å². The fourth-order valence-corrected chi connectivity index (χ4v) is 4.06. The number of anilines is 1. The highest BCUT2D eigenvalue weighted by Gasteiger charge is 2.31. The van der Waals surface area contributed by atoms with Crippen LogP contribution in [0, 0.1) is 0 Å². The van der Waals surface area contributed by atoms with Crippen LogP contribution in [0.1, 0.15) is 53.5 Å². The number of hydrogen-bond donors (Lipinski definition) is 2. The number of carbonyl (C=O) groups excluding carboxylic acids is 1. The van der Waals surface area contributed by atoms with Crippen molar-refractivity contribution in [3.8, 4) is 0 Å². The molecule has 0 saturated heterocycles. The van der Waals surface area contributed by atoms with Crippen molar-refractivity contribution in [1.29, 1.82) is 0 Å². The molecule has 0 bridgehead atoms. The van der Waals surface area contributed by atoms with Crippen LogP contribution in [0.4, 0.5) is 19.0 Å². The summed E-state index contributed by atoms with van der Waals surface area (Å²) in [5.74, 6) is 0.917. The number of carbonyl (C=O) groups is 1. The van der Waals surface area contributed by atoms with Gasteiger partial charge in [0.2, 0.25) is 0 Å². The molecule has 8 nitrogen and oxygen atoms in total. The molecule has 3 aromatic rings. The van der Waals surface area contributed by atoms with E-state index in [2.05, 4.69) is 34.9 Å². The van der Waals surface area contributed by atoms with Crippen LogP contribution in [0.3, 0.4) is 0 Å². The van der Waals surface area contributed by atoms with Gasteiger partial charge in [0.25, 0.3) is 0 Å². The molecule has 0 aromatic carbocycles. The van der Waals surface area contributed by atoms with E-state index >= 15 is 0 Å². The molecule has 1 saturated carbocycles. The van der Waals surface area contributed by atoms with Gasteiger partial charge in [-0.3, -0.25) is 9.48 Å². The summed E-state index contributed by atoms with van der Waals surface area (Å²) >= 11 is 0. The van der Waals surface area contributed by atoms with Crippen molar-refractivity contribution < 1.29 is 18.0 Å². The Morgan fingerprint density at radius 2 is 2.12 bits per heavy atom. The van der Waals surface area contributed by atoms with Crippen molar-refractivity contribution in [2.45, 2.75) is 50.9 Å². The van der Waals surface area contributed by atoms with Crippen molar-refractivity contribution in [3.05, 3.63) is 35.5 Å². The molecule has 2 aliphatic rings. The molecule has 0 radical (unpaired) electrons. The largest absolute Gasteiger partial charge is 0.390 e. The van der Waals surface area contributed by atoms with E-state index in [0.717, 1.165) is 41.7 Å². The third kappa shape index (κ3) is 4.62. The summed E-state index contributed by atoms with van der Waals surface area (Å²) in [4.78, 5) is 25.6. The van der Waals surface area contributed by atoms with E-state index < -0.39 is 12.6 Å². The molecular weight excluding hydrogens is 423 g/mol. The van der Waals surface area contributed by atoms with Gasteiger partial charge in [-0.15, -0.1) is 0 Å². The van der Waals surface area contributed by atoms with Crippen LogP contribution in [0.25, 0.3) is 11.0 Å². The average molecular weight is 449 g/mol. The normalized spacial score (nSPS) is 16.3. The number of nitrogens with zero attached hydrogens (tertiary/aromatic N) is 5. The van der Waals surface area contributed by atoms with Gasteiger partial charge in [-0.25, -0.2) is 9.97 Å². The Bertz CT molecular complexity index is 1070. The zero-order valence-corrected chi connectivity index (χ0v) is 17.8. The lowest BCUT2D eigenvalue weighted by Crippen LogP contribution is -2.33. The van der Waals surface area contributed by atoms with Crippen molar-refractivity contribution in [3.63, 3.8) is 0 Å². The average Bonchev–Trinajstić information content (AvgIpc) is 3.35. The fraction of sp³-hybridized carbons (Fsp3) is 0.524. The number of hydrogen-bond acceptors (Lipinski definition) is 6. The topological polar surface area (TPSA) is 91.7 Å². The maximum absolute atomic E-state index is 11.5. The Morgan fingerprint density at radius 3 is 2.75 bits per heavy atom. The lowest BCUT2D eigenvalue weighted by molar-refractivity contribution is -0.133. The lowest BCUT2D eigenvalue weighted by Gasteiger charge is -2.32. The Balaban J connectivity index is 0.000000265. The second kappa shape index (κ2) is 9.27. The van der Waals surface area contributed by atoms with Gasteiger partial charge in [-0.2, -0.15) is 18.3 Å². The predicted molar refractivity (Wildman–Crippen MR) is 114 cm³/mol. The molecule has 0 amide bonds. The summed E-state index contributed by atoms with van der Waals surface area (Å²) in [5, 5.41) is 8.01. The molecule has 1 fully saturated rings. The minimum Gasteiger partial charge on any atom is -0.351 e. The third-order valence-corrected chi connectivity index (χ3v) is 5.94. The molecule has 3 aromatic heterocycles. The standard InChI is InChI=1S/C17H18N6O.C4H8F3N/c24-9-14-13-8-22(17-12-4-6-18-16(12)19-10-20-17)7-5-15(13)23(21-14)11-2-1-3-11;1-8-3-2-4(5,6)7/h4,6,9-11H,1-3,5,7-8H2,(H,18,19,20);8H,2-3H2,1H3. The van der Waals surface area contributed by atoms with Crippen LogP contribution < -0.4 is 10.2 Å². The molecule has 0 atom stereocenters. The summed E-state index contributed by atoms with van der Waals surface area (Å²) < 4.78 is 35.7. The number of alkyl halides is 3. The highest BCUT2D eigenvalue weighted by atomic mass is 19.4. The number of aldehydes is 1. The Hall–Kier alpha value is -2.95. The van der Waals surface area contributed by atoms with Crippen LogP contribution in [0.2, 0.25) is 0 Å². The zero-order valence-electron chi connectivity index (χ0n) is 17.8. The highest BCUT2D eigenvalue weighted by molar-refractivity contribution is 5.87. The summed E-state index contributed by atoms with van der Waals surface area (Å²) in [6.45, 7) is 1.55. The van der Waals surface area contributed by atoms with Crippen molar-refractivity contribution in [2.75, 3.05) is 25.0 Å². The smallest absolute Gasteiger partial charge is 0.351 e. The molecule has 1 aliphatic carbocycles. The van der Waals surface area contributed by atoms with Crippen LogP contribution in [0.5, 0.6) is 0 Å².